The highest BCUT2D eigenvalue weighted by atomic mass is 16.2. The van der Waals surface area contributed by atoms with Crippen LogP contribution in [0.25, 0.3) is 33.3 Å². The van der Waals surface area contributed by atoms with Gasteiger partial charge in [-0.25, -0.2) is 4.98 Å². The summed E-state index contributed by atoms with van der Waals surface area (Å²) in [6.07, 6.45) is 7.64. The average Bonchev–Trinajstić information content (AvgIpc) is 3.67. The normalized spacial score (nSPS) is 19.1. The summed E-state index contributed by atoms with van der Waals surface area (Å²) in [6, 6.07) is 15.6. The first kappa shape index (κ1) is 29.7. The maximum atomic E-state index is 14.1. The van der Waals surface area contributed by atoms with Crippen LogP contribution in [0, 0.1) is 19.8 Å². The number of nitrogens with zero attached hydrogens (tertiary/aromatic N) is 4. The number of rotatable bonds is 9. The number of aromatic nitrogens is 5. The van der Waals surface area contributed by atoms with Crippen LogP contribution in [0.4, 0.5) is 0 Å². The number of carbonyl (C=O) groups is 1. The maximum Gasteiger partial charge on any atom is 0.232 e. The van der Waals surface area contributed by atoms with E-state index in [-0.39, 0.29) is 11.8 Å². The lowest BCUT2D eigenvalue weighted by Crippen LogP contribution is -2.55. The fourth-order valence-corrected chi connectivity index (χ4v) is 7.78. The molecule has 3 aromatic heterocycles. The van der Waals surface area contributed by atoms with E-state index < -0.39 is 5.41 Å². The number of benzene rings is 2. The molecule has 234 valence electrons. The summed E-state index contributed by atoms with van der Waals surface area (Å²) in [4.78, 5) is 24.9. The van der Waals surface area contributed by atoms with Crippen LogP contribution in [0.15, 0.2) is 48.7 Å². The van der Waals surface area contributed by atoms with E-state index >= 15 is 0 Å². The number of hydrogen-bond acceptors (Lipinski definition) is 5. The van der Waals surface area contributed by atoms with Gasteiger partial charge in [-0.05, 0) is 131 Å². The van der Waals surface area contributed by atoms with Crippen LogP contribution in [0.2, 0.25) is 0 Å². The number of nitrogens with one attached hydrogen (secondary N) is 3. The van der Waals surface area contributed by atoms with Crippen molar-refractivity contribution in [3.05, 3.63) is 76.5 Å². The molecule has 1 saturated carbocycles. The third kappa shape index (κ3) is 5.65. The van der Waals surface area contributed by atoms with Gasteiger partial charge in [0.05, 0.1) is 11.1 Å². The van der Waals surface area contributed by atoms with E-state index in [1.54, 1.807) is 0 Å². The van der Waals surface area contributed by atoms with E-state index in [0.717, 1.165) is 72.2 Å². The van der Waals surface area contributed by atoms with Gasteiger partial charge in [-0.2, -0.15) is 15.4 Å². The first-order valence-electron chi connectivity index (χ1n) is 16.6. The van der Waals surface area contributed by atoms with Crippen molar-refractivity contribution >= 4 is 28.0 Å². The van der Waals surface area contributed by atoms with Crippen molar-refractivity contribution in [2.24, 2.45) is 5.92 Å². The molecule has 2 aromatic carbocycles. The molecule has 45 heavy (non-hydrogen) atoms. The van der Waals surface area contributed by atoms with Crippen molar-refractivity contribution in [1.82, 2.24) is 35.6 Å². The van der Waals surface area contributed by atoms with Crippen molar-refractivity contribution in [2.45, 2.75) is 84.1 Å². The molecule has 3 aliphatic rings. The molecule has 3 N–H and O–H groups in total. The number of aromatic amines is 2. The molecule has 2 bridgehead atoms. The molecule has 8 nitrogen and oxygen atoms in total. The molecule has 3 fully saturated rings. The van der Waals surface area contributed by atoms with Gasteiger partial charge in [-0.1, -0.05) is 30.2 Å². The second-order valence-corrected chi connectivity index (χ2v) is 14.2. The second-order valence-electron chi connectivity index (χ2n) is 14.2. The number of hydrogen-bond donors (Lipinski definition) is 3. The zero-order valence-corrected chi connectivity index (χ0v) is 27.2. The van der Waals surface area contributed by atoms with E-state index in [4.69, 9.17) is 4.98 Å². The van der Waals surface area contributed by atoms with E-state index in [1.165, 1.54) is 40.7 Å². The number of carbonyl (C=O) groups excluding carboxylic acids is 1. The summed E-state index contributed by atoms with van der Waals surface area (Å²) in [5.41, 5.74) is 10.2. The van der Waals surface area contributed by atoms with E-state index in [2.05, 4.69) is 102 Å². The highest BCUT2D eigenvalue weighted by Gasteiger charge is 2.42. The Morgan fingerprint density at radius 3 is 2.51 bits per heavy atom. The molecule has 1 amide bonds. The third-order valence-corrected chi connectivity index (χ3v) is 10.3. The van der Waals surface area contributed by atoms with Gasteiger partial charge in [0, 0.05) is 30.7 Å². The van der Waals surface area contributed by atoms with Crippen molar-refractivity contribution in [1.29, 1.82) is 0 Å². The fraction of sp³-hybridized carbons (Fsp3) is 0.459. The van der Waals surface area contributed by atoms with E-state index in [1.807, 2.05) is 12.3 Å². The first-order valence-corrected chi connectivity index (χ1v) is 16.6. The Balaban J connectivity index is 1.18. The van der Waals surface area contributed by atoms with Gasteiger partial charge in [0.1, 0.15) is 16.7 Å². The minimum atomic E-state index is -0.653. The summed E-state index contributed by atoms with van der Waals surface area (Å²) in [5, 5.41) is 15.9. The molecule has 1 atom stereocenters. The molecule has 2 saturated heterocycles. The summed E-state index contributed by atoms with van der Waals surface area (Å²) in [5.74, 6) is 1.11. The van der Waals surface area contributed by atoms with Crippen LogP contribution in [-0.2, 0) is 16.6 Å². The lowest BCUT2D eigenvalue weighted by atomic mass is 9.76. The molecule has 8 rings (SSSR count). The van der Waals surface area contributed by atoms with Gasteiger partial charge >= 0.3 is 0 Å². The van der Waals surface area contributed by atoms with Gasteiger partial charge in [0.2, 0.25) is 5.91 Å². The van der Waals surface area contributed by atoms with Crippen molar-refractivity contribution in [2.75, 3.05) is 19.6 Å². The molecule has 1 unspecified atom stereocenters. The molecule has 2 aliphatic heterocycles. The minimum absolute atomic E-state index is 0.210. The van der Waals surface area contributed by atoms with Crippen molar-refractivity contribution < 1.29 is 4.79 Å². The van der Waals surface area contributed by atoms with E-state index in [9.17, 15) is 4.79 Å². The van der Waals surface area contributed by atoms with E-state index in [0.29, 0.717) is 12.0 Å². The monoisotopic (exact) mass is 603 g/mol. The predicted molar refractivity (Wildman–Crippen MR) is 180 cm³/mol. The largest absolute Gasteiger partial charge is 0.339 e. The van der Waals surface area contributed by atoms with Gasteiger partial charge in [0.25, 0.3) is 0 Å². The number of amides is 1. The Morgan fingerprint density at radius 2 is 1.78 bits per heavy atom. The average molecular weight is 604 g/mol. The number of piperidine rings is 2. The molecule has 0 radical (unpaired) electrons. The number of fused-ring (bicyclic) bond motifs is 5. The van der Waals surface area contributed by atoms with Gasteiger partial charge < -0.3 is 15.2 Å². The highest BCUT2D eigenvalue weighted by molar-refractivity contribution is 5.93. The molecular formula is C37H45N7O. The lowest BCUT2D eigenvalue weighted by molar-refractivity contribution is -0.144. The SMILES string of the molecule is Cc1cc(C)cc(-c2[nH]c3ncc(C(C)(C)C(=O)N4CC5CCC4CC5)cc3c2C(C)CNCCc2ccc3n[nH]nc3c2)c1. The summed E-state index contributed by atoms with van der Waals surface area (Å²) in [6.45, 7) is 13.3. The molecular weight excluding hydrogens is 558 g/mol. The Labute approximate surface area is 265 Å². The quantitative estimate of drug-likeness (QED) is 0.162. The minimum Gasteiger partial charge on any atom is -0.339 e. The Bertz CT molecular complexity index is 1840. The maximum absolute atomic E-state index is 14.1. The fourth-order valence-electron chi connectivity index (χ4n) is 7.78. The molecule has 1 aliphatic carbocycles. The standard InChI is InChI=1S/C37H45N7O/c1-22-14-23(2)16-27(15-22)34-33(24(3)19-38-13-12-25-8-11-31-32(17-25)42-43-41-31)30-18-28(20-39-35(30)40-34)37(4,5)36(45)44-21-26-6-9-29(44)10-7-26/h8,11,14-18,20,24,26,29,38H,6-7,9-10,12-13,19,21H2,1-5H3,(H,39,40)(H,41,42,43). The van der Waals surface area contributed by atoms with Gasteiger partial charge in [-0.3, -0.25) is 4.79 Å². The zero-order chi connectivity index (χ0) is 31.3. The van der Waals surface area contributed by atoms with Crippen LogP contribution in [0.3, 0.4) is 0 Å². The summed E-state index contributed by atoms with van der Waals surface area (Å²) in [7, 11) is 0. The number of aryl methyl sites for hydroxylation is 2. The smallest absolute Gasteiger partial charge is 0.232 e. The van der Waals surface area contributed by atoms with Crippen LogP contribution < -0.4 is 5.32 Å². The Kier molecular flexibility index (Phi) is 7.72. The molecule has 0 spiro atoms. The first-order chi connectivity index (χ1) is 21.7. The number of H-pyrrole nitrogens is 2. The van der Waals surface area contributed by atoms with Gasteiger partial charge in [-0.15, -0.1) is 0 Å². The van der Waals surface area contributed by atoms with Gasteiger partial charge in [0.15, 0.2) is 0 Å². The summed E-state index contributed by atoms with van der Waals surface area (Å²) >= 11 is 0. The van der Waals surface area contributed by atoms with Crippen LogP contribution in [-0.4, -0.2) is 61.9 Å². The molecule has 8 heteroatoms. The second kappa shape index (κ2) is 11.7. The molecule has 5 aromatic rings. The van der Waals surface area contributed by atoms with Crippen LogP contribution in [0.5, 0.6) is 0 Å². The predicted octanol–water partition coefficient (Wildman–Crippen LogP) is 6.73. The highest BCUT2D eigenvalue weighted by Crippen LogP contribution is 2.40. The van der Waals surface area contributed by atoms with Crippen molar-refractivity contribution in [3.63, 3.8) is 0 Å². The Hall–Kier alpha value is -4.04. The zero-order valence-electron chi connectivity index (χ0n) is 27.2. The Morgan fingerprint density at radius 1 is 1.02 bits per heavy atom. The lowest BCUT2D eigenvalue weighted by Gasteiger charge is -2.47. The van der Waals surface area contributed by atoms with Crippen LogP contribution >= 0.6 is 0 Å². The topological polar surface area (TPSA) is 103 Å². The summed E-state index contributed by atoms with van der Waals surface area (Å²) < 4.78 is 0. The van der Waals surface area contributed by atoms with Crippen molar-refractivity contribution in [3.8, 4) is 11.3 Å². The van der Waals surface area contributed by atoms with Crippen LogP contribution in [0.1, 0.15) is 80.2 Å². The third-order valence-electron chi connectivity index (χ3n) is 10.3. The number of pyridine rings is 1. The molecule has 5 heterocycles.